The van der Waals surface area contributed by atoms with E-state index in [4.69, 9.17) is 0 Å². The van der Waals surface area contributed by atoms with Gasteiger partial charge in [-0.25, -0.2) is 4.68 Å². The minimum absolute atomic E-state index is 0.269. The van der Waals surface area contributed by atoms with Crippen molar-refractivity contribution >= 4 is 11.6 Å². The normalized spacial score (nSPS) is 12.0. The van der Waals surface area contributed by atoms with Crippen molar-refractivity contribution in [3.05, 3.63) is 71.0 Å². The molecule has 1 heterocycles. The molecular weight excluding hydrogens is 316 g/mol. The summed E-state index contributed by atoms with van der Waals surface area (Å²) in [6.07, 6.45) is -0.597. The van der Waals surface area contributed by atoms with Crippen LogP contribution in [0.4, 0.5) is 5.69 Å². The Bertz CT molecular complexity index is 915. The number of anilines is 1. The zero-order valence-electron chi connectivity index (χ0n) is 14.4. The van der Waals surface area contributed by atoms with E-state index in [-0.39, 0.29) is 11.6 Å². The molecule has 6 nitrogen and oxygen atoms in total. The quantitative estimate of drug-likeness (QED) is 0.767. The highest BCUT2D eigenvalue weighted by Crippen LogP contribution is 2.19. The highest BCUT2D eigenvalue weighted by molar-refractivity contribution is 6.03. The second-order valence-electron chi connectivity index (χ2n) is 5.98. The molecule has 128 valence electrons. The van der Waals surface area contributed by atoms with E-state index >= 15 is 0 Å². The topological polar surface area (TPSA) is 80.0 Å². The molecule has 3 aromatic rings. The van der Waals surface area contributed by atoms with Crippen LogP contribution in [0, 0.1) is 13.8 Å². The Morgan fingerprint density at radius 1 is 1.16 bits per heavy atom. The van der Waals surface area contributed by atoms with E-state index in [1.54, 1.807) is 35.9 Å². The summed E-state index contributed by atoms with van der Waals surface area (Å²) < 4.78 is 1.66. The summed E-state index contributed by atoms with van der Waals surface area (Å²) in [5, 5.41) is 20.6. The van der Waals surface area contributed by atoms with Crippen LogP contribution in [0.1, 0.15) is 40.3 Å². The van der Waals surface area contributed by atoms with E-state index in [0.717, 1.165) is 16.8 Å². The van der Waals surface area contributed by atoms with Gasteiger partial charge in [-0.05, 0) is 50.1 Å². The van der Waals surface area contributed by atoms with Crippen LogP contribution in [0.3, 0.4) is 0 Å². The van der Waals surface area contributed by atoms with Crippen LogP contribution in [0.25, 0.3) is 5.69 Å². The number of nitrogens with one attached hydrogen (secondary N) is 1. The van der Waals surface area contributed by atoms with Gasteiger partial charge in [0, 0.05) is 5.69 Å². The third-order valence-corrected chi connectivity index (χ3v) is 4.08. The number of para-hydroxylation sites is 1. The first-order chi connectivity index (χ1) is 12.0. The summed E-state index contributed by atoms with van der Waals surface area (Å²) in [6, 6.07) is 14.9. The van der Waals surface area contributed by atoms with Gasteiger partial charge >= 0.3 is 0 Å². The molecule has 0 unspecified atom stereocenters. The molecule has 0 saturated carbocycles. The van der Waals surface area contributed by atoms with Crippen molar-refractivity contribution in [1.82, 2.24) is 15.0 Å². The largest absolute Gasteiger partial charge is 0.389 e. The number of hydrogen-bond donors (Lipinski definition) is 2. The van der Waals surface area contributed by atoms with Gasteiger partial charge in [0.05, 0.1) is 17.5 Å². The average molecular weight is 336 g/mol. The van der Waals surface area contributed by atoms with E-state index < -0.39 is 6.10 Å². The molecule has 3 rings (SSSR count). The van der Waals surface area contributed by atoms with Crippen molar-refractivity contribution in [2.45, 2.75) is 26.9 Å². The Balaban J connectivity index is 1.87. The highest BCUT2D eigenvalue weighted by atomic mass is 16.3. The Hall–Kier alpha value is -2.99. The third-order valence-electron chi connectivity index (χ3n) is 4.08. The molecule has 0 saturated heterocycles. The number of benzene rings is 2. The third kappa shape index (κ3) is 3.44. The molecule has 0 bridgehead atoms. The number of aryl methyl sites for hydroxylation is 1. The van der Waals surface area contributed by atoms with Gasteiger partial charge in [0.2, 0.25) is 0 Å². The maximum atomic E-state index is 12.6. The number of carbonyl (C=O) groups is 1. The first-order valence-electron chi connectivity index (χ1n) is 8.05. The molecule has 25 heavy (non-hydrogen) atoms. The van der Waals surface area contributed by atoms with E-state index in [2.05, 4.69) is 15.6 Å². The van der Waals surface area contributed by atoms with Gasteiger partial charge in [-0.1, -0.05) is 35.5 Å². The first-order valence-corrected chi connectivity index (χ1v) is 8.05. The van der Waals surface area contributed by atoms with Gasteiger partial charge in [0.15, 0.2) is 5.69 Å². The maximum absolute atomic E-state index is 12.6. The number of nitrogens with zero attached hydrogens (tertiary/aromatic N) is 3. The van der Waals surface area contributed by atoms with Gasteiger partial charge in [0.25, 0.3) is 5.91 Å². The Labute approximate surface area is 146 Å². The zero-order chi connectivity index (χ0) is 18.0. The Morgan fingerprint density at radius 3 is 2.64 bits per heavy atom. The van der Waals surface area contributed by atoms with Gasteiger partial charge in [0.1, 0.15) is 0 Å². The smallest absolute Gasteiger partial charge is 0.278 e. The summed E-state index contributed by atoms with van der Waals surface area (Å²) in [4.78, 5) is 12.6. The van der Waals surface area contributed by atoms with Crippen LogP contribution in [-0.4, -0.2) is 26.0 Å². The van der Waals surface area contributed by atoms with Crippen LogP contribution in [0.2, 0.25) is 0 Å². The van der Waals surface area contributed by atoms with Crippen molar-refractivity contribution in [2.24, 2.45) is 0 Å². The fourth-order valence-electron chi connectivity index (χ4n) is 2.64. The fraction of sp³-hybridized carbons (Fsp3) is 0.211. The van der Waals surface area contributed by atoms with Crippen molar-refractivity contribution < 1.29 is 9.90 Å². The number of carbonyl (C=O) groups excluding carboxylic acids is 1. The minimum Gasteiger partial charge on any atom is -0.389 e. The minimum atomic E-state index is -0.597. The molecule has 0 aliphatic rings. The Kier molecular flexibility index (Phi) is 4.63. The van der Waals surface area contributed by atoms with E-state index in [1.165, 1.54) is 0 Å². The molecular formula is C19H20N4O2. The van der Waals surface area contributed by atoms with Crippen molar-refractivity contribution in [2.75, 3.05) is 5.32 Å². The lowest BCUT2D eigenvalue weighted by Gasteiger charge is -2.09. The lowest BCUT2D eigenvalue weighted by Crippen LogP contribution is -2.14. The molecule has 0 aliphatic heterocycles. The monoisotopic (exact) mass is 336 g/mol. The first kappa shape index (κ1) is 16.9. The van der Waals surface area contributed by atoms with Crippen molar-refractivity contribution in [3.8, 4) is 5.69 Å². The SMILES string of the molecule is Cc1ccccc1-n1nnc(C(=O)Nc2cccc([C@H](C)O)c2)c1C. The molecule has 0 fully saturated rings. The summed E-state index contributed by atoms with van der Waals surface area (Å²) in [5.74, 6) is -0.333. The summed E-state index contributed by atoms with van der Waals surface area (Å²) >= 11 is 0. The van der Waals surface area contributed by atoms with Gasteiger partial charge in [-0.2, -0.15) is 0 Å². The number of amides is 1. The molecule has 1 amide bonds. The molecule has 6 heteroatoms. The van der Waals surface area contributed by atoms with Gasteiger partial charge in [-0.15, -0.1) is 5.10 Å². The molecule has 2 aromatic carbocycles. The predicted molar refractivity (Wildman–Crippen MR) is 95.9 cm³/mol. The zero-order valence-corrected chi connectivity index (χ0v) is 14.4. The lowest BCUT2D eigenvalue weighted by molar-refractivity contribution is 0.102. The number of aliphatic hydroxyl groups excluding tert-OH is 1. The molecule has 0 spiro atoms. The average Bonchev–Trinajstić information content (AvgIpc) is 2.97. The molecule has 0 aliphatic carbocycles. The van der Waals surface area contributed by atoms with Gasteiger partial charge < -0.3 is 10.4 Å². The molecule has 2 N–H and O–H groups in total. The standard InChI is InChI=1S/C19H20N4O2/c1-12-7-4-5-10-17(12)23-13(2)18(21-22-23)19(25)20-16-9-6-8-15(11-16)14(3)24/h4-11,14,24H,1-3H3,(H,20,25)/t14-/m0/s1. The number of rotatable bonds is 4. The summed E-state index contributed by atoms with van der Waals surface area (Å²) in [6.45, 7) is 5.48. The molecule has 1 atom stereocenters. The Morgan fingerprint density at radius 2 is 1.92 bits per heavy atom. The van der Waals surface area contributed by atoms with E-state index in [9.17, 15) is 9.90 Å². The number of hydrogen-bond acceptors (Lipinski definition) is 4. The van der Waals surface area contributed by atoms with Crippen LogP contribution in [0.15, 0.2) is 48.5 Å². The molecule has 0 radical (unpaired) electrons. The van der Waals surface area contributed by atoms with Crippen LogP contribution in [-0.2, 0) is 0 Å². The fourth-order valence-corrected chi connectivity index (χ4v) is 2.64. The van der Waals surface area contributed by atoms with Crippen LogP contribution < -0.4 is 5.32 Å². The lowest BCUT2D eigenvalue weighted by atomic mass is 10.1. The van der Waals surface area contributed by atoms with E-state index in [0.29, 0.717) is 11.4 Å². The number of aliphatic hydroxyl groups is 1. The highest BCUT2D eigenvalue weighted by Gasteiger charge is 2.18. The van der Waals surface area contributed by atoms with Crippen molar-refractivity contribution in [3.63, 3.8) is 0 Å². The van der Waals surface area contributed by atoms with Crippen LogP contribution >= 0.6 is 0 Å². The van der Waals surface area contributed by atoms with Crippen molar-refractivity contribution in [1.29, 1.82) is 0 Å². The van der Waals surface area contributed by atoms with Gasteiger partial charge in [-0.3, -0.25) is 4.79 Å². The van der Waals surface area contributed by atoms with Crippen LogP contribution in [0.5, 0.6) is 0 Å². The second kappa shape index (κ2) is 6.86. The molecule has 1 aromatic heterocycles. The maximum Gasteiger partial charge on any atom is 0.278 e. The van der Waals surface area contributed by atoms with E-state index in [1.807, 2.05) is 38.1 Å². The predicted octanol–water partition coefficient (Wildman–Crippen LogP) is 3.19. The number of aromatic nitrogens is 3. The summed E-state index contributed by atoms with van der Waals surface area (Å²) in [5.41, 5.74) is 4.21. The second-order valence-corrected chi connectivity index (χ2v) is 5.98. The summed E-state index contributed by atoms with van der Waals surface area (Å²) in [7, 11) is 0.